The van der Waals surface area contributed by atoms with E-state index in [9.17, 15) is 21.6 Å². The molecular formula is C14H15ClF3N3O2S. The fraction of sp³-hybridized carbons (Fsp3) is 0.500. The van der Waals surface area contributed by atoms with Crippen LogP contribution in [0.5, 0.6) is 0 Å². The fourth-order valence-electron chi connectivity index (χ4n) is 2.44. The van der Waals surface area contributed by atoms with Gasteiger partial charge < -0.3 is 0 Å². The SMILES string of the molecule is C[C@H](C#N)N1CCN(S(=O)(=O)c2ccc(Cl)c(C(F)(F)F)c2)CC1. The Morgan fingerprint density at radius 1 is 1.25 bits per heavy atom. The van der Waals surface area contributed by atoms with Crippen LogP contribution in [0.15, 0.2) is 23.1 Å². The molecule has 1 aromatic carbocycles. The van der Waals surface area contributed by atoms with E-state index in [1.54, 1.807) is 6.92 Å². The maximum atomic E-state index is 12.9. The van der Waals surface area contributed by atoms with Crippen molar-refractivity contribution in [1.82, 2.24) is 9.21 Å². The number of hydrogen-bond donors (Lipinski definition) is 0. The second-order valence-electron chi connectivity index (χ2n) is 5.38. The molecule has 0 spiro atoms. The number of sulfonamides is 1. The van der Waals surface area contributed by atoms with Crippen molar-refractivity contribution in [3.8, 4) is 6.07 Å². The van der Waals surface area contributed by atoms with Crippen molar-refractivity contribution in [3.63, 3.8) is 0 Å². The molecule has 1 atom stereocenters. The van der Waals surface area contributed by atoms with Crippen molar-refractivity contribution in [3.05, 3.63) is 28.8 Å². The van der Waals surface area contributed by atoms with Gasteiger partial charge in [-0.3, -0.25) is 4.90 Å². The Hall–Kier alpha value is -1.34. The lowest BCUT2D eigenvalue weighted by Crippen LogP contribution is -2.50. The fourth-order valence-corrected chi connectivity index (χ4v) is 4.12. The summed E-state index contributed by atoms with van der Waals surface area (Å²) in [5.74, 6) is 0. The number of halogens is 4. The van der Waals surface area contributed by atoms with Crippen molar-refractivity contribution in [1.29, 1.82) is 5.26 Å². The smallest absolute Gasteiger partial charge is 0.286 e. The second kappa shape index (κ2) is 6.88. The molecule has 2 rings (SSSR count). The third-order valence-corrected chi connectivity index (χ3v) is 6.11. The third kappa shape index (κ3) is 3.83. The first-order valence-corrected chi connectivity index (χ1v) is 8.89. The van der Waals surface area contributed by atoms with Gasteiger partial charge in [-0.05, 0) is 25.1 Å². The van der Waals surface area contributed by atoms with Gasteiger partial charge in [-0.15, -0.1) is 0 Å². The van der Waals surface area contributed by atoms with E-state index >= 15 is 0 Å². The lowest BCUT2D eigenvalue weighted by atomic mass is 10.2. The van der Waals surface area contributed by atoms with E-state index in [2.05, 4.69) is 6.07 Å². The molecule has 132 valence electrons. The van der Waals surface area contributed by atoms with Crippen LogP contribution in [-0.2, 0) is 16.2 Å². The topological polar surface area (TPSA) is 64.4 Å². The minimum atomic E-state index is -4.73. The van der Waals surface area contributed by atoms with Gasteiger partial charge in [-0.2, -0.15) is 22.7 Å². The molecule has 0 saturated carbocycles. The predicted octanol–water partition coefficient (Wildman–Crippen LogP) is 2.58. The number of rotatable bonds is 3. The number of alkyl halides is 3. The maximum absolute atomic E-state index is 12.9. The Bertz CT molecular complexity index is 754. The largest absolute Gasteiger partial charge is 0.417 e. The van der Waals surface area contributed by atoms with Crippen LogP contribution in [-0.4, -0.2) is 49.8 Å². The molecule has 1 aliphatic heterocycles. The molecule has 1 aliphatic rings. The molecule has 5 nitrogen and oxygen atoms in total. The van der Waals surface area contributed by atoms with Crippen LogP contribution in [0.25, 0.3) is 0 Å². The Balaban J connectivity index is 2.25. The molecule has 1 aromatic rings. The molecule has 24 heavy (non-hydrogen) atoms. The van der Waals surface area contributed by atoms with E-state index in [1.807, 2.05) is 4.90 Å². The van der Waals surface area contributed by atoms with E-state index in [0.717, 1.165) is 16.4 Å². The van der Waals surface area contributed by atoms with E-state index in [4.69, 9.17) is 16.9 Å². The van der Waals surface area contributed by atoms with Gasteiger partial charge in [0.2, 0.25) is 10.0 Å². The number of hydrogen-bond acceptors (Lipinski definition) is 4. The van der Waals surface area contributed by atoms with E-state index in [-0.39, 0.29) is 19.1 Å². The van der Waals surface area contributed by atoms with Crippen molar-refractivity contribution >= 4 is 21.6 Å². The minimum Gasteiger partial charge on any atom is -0.286 e. The number of benzene rings is 1. The average molecular weight is 382 g/mol. The zero-order valence-electron chi connectivity index (χ0n) is 12.7. The highest BCUT2D eigenvalue weighted by molar-refractivity contribution is 7.89. The monoisotopic (exact) mass is 381 g/mol. The minimum absolute atomic E-state index is 0.109. The van der Waals surface area contributed by atoms with Crippen LogP contribution in [0.3, 0.4) is 0 Å². The van der Waals surface area contributed by atoms with E-state index in [0.29, 0.717) is 19.2 Å². The van der Waals surface area contributed by atoms with Gasteiger partial charge in [0.1, 0.15) is 0 Å². The van der Waals surface area contributed by atoms with Gasteiger partial charge in [0.05, 0.1) is 27.6 Å². The van der Waals surface area contributed by atoms with E-state index in [1.165, 1.54) is 0 Å². The summed E-state index contributed by atoms with van der Waals surface area (Å²) in [6.07, 6.45) is -4.73. The molecule has 1 fully saturated rings. The van der Waals surface area contributed by atoms with Crippen molar-refractivity contribution in [2.75, 3.05) is 26.2 Å². The van der Waals surface area contributed by atoms with Crippen LogP contribution in [0, 0.1) is 11.3 Å². The first-order chi connectivity index (χ1) is 11.1. The van der Waals surface area contributed by atoms with Crippen LogP contribution >= 0.6 is 11.6 Å². The molecular weight excluding hydrogens is 367 g/mol. The Morgan fingerprint density at radius 3 is 2.33 bits per heavy atom. The summed E-state index contributed by atoms with van der Waals surface area (Å²) in [4.78, 5) is 1.37. The van der Waals surface area contributed by atoms with Gasteiger partial charge in [-0.1, -0.05) is 11.6 Å². The molecule has 0 bridgehead atoms. The molecule has 10 heteroatoms. The number of nitrogens with zero attached hydrogens (tertiary/aromatic N) is 3. The van der Waals surface area contributed by atoms with Crippen molar-refractivity contribution in [2.45, 2.75) is 24.0 Å². The van der Waals surface area contributed by atoms with Gasteiger partial charge in [-0.25, -0.2) is 8.42 Å². The quantitative estimate of drug-likeness (QED) is 0.807. The number of nitriles is 1. The zero-order valence-corrected chi connectivity index (χ0v) is 14.3. The normalized spacial score (nSPS) is 19.0. The summed E-state index contributed by atoms with van der Waals surface area (Å²) in [6, 6.07) is 4.28. The summed E-state index contributed by atoms with van der Waals surface area (Å²) >= 11 is 5.52. The summed E-state index contributed by atoms with van der Waals surface area (Å²) in [5, 5.41) is 8.33. The van der Waals surface area contributed by atoms with Crippen molar-refractivity contribution in [2.24, 2.45) is 0 Å². The van der Waals surface area contributed by atoms with Crippen LogP contribution < -0.4 is 0 Å². The summed E-state index contributed by atoms with van der Waals surface area (Å²) in [7, 11) is -4.05. The summed E-state index contributed by atoms with van der Waals surface area (Å²) < 4.78 is 65.0. The van der Waals surface area contributed by atoms with Gasteiger partial charge in [0.15, 0.2) is 0 Å². The highest BCUT2D eigenvalue weighted by Gasteiger charge is 2.36. The zero-order chi connectivity index (χ0) is 18.1. The highest BCUT2D eigenvalue weighted by atomic mass is 35.5. The standard InChI is InChI=1S/C14H15ClF3N3O2S/c1-10(9-19)20-4-6-21(7-5-20)24(22,23)11-2-3-13(15)12(8-11)14(16,17)18/h2-3,8,10H,4-7H2,1H3/t10-/m1/s1. The average Bonchev–Trinajstić information content (AvgIpc) is 2.53. The molecule has 0 unspecified atom stereocenters. The second-order valence-corrected chi connectivity index (χ2v) is 7.73. The van der Waals surface area contributed by atoms with Gasteiger partial charge in [0.25, 0.3) is 0 Å². The molecule has 0 amide bonds. The lowest BCUT2D eigenvalue weighted by molar-refractivity contribution is -0.137. The third-order valence-electron chi connectivity index (χ3n) is 3.89. The first kappa shape index (κ1) is 19.0. The summed E-state index contributed by atoms with van der Waals surface area (Å²) in [6.45, 7) is 2.61. The molecule has 0 aromatic heterocycles. The Labute approximate surface area is 143 Å². The van der Waals surface area contributed by atoms with Gasteiger partial charge in [0, 0.05) is 26.2 Å². The molecule has 0 radical (unpaired) electrons. The van der Waals surface area contributed by atoms with Crippen LogP contribution in [0.2, 0.25) is 5.02 Å². The molecule has 1 saturated heterocycles. The lowest BCUT2D eigenvalue weighted by Gasteiger charge is -2.35. The highest BCUT2D eigenvalue weighted by Crippen LogP contribution is 2.36. The van der Waals surface area contributed by atoms with Crippen molar-refractivity contribution < 1.29 is 21.6 Å². The van der Waals surface area contributed by atoms with Gasteiger partial charge >= 0.3 is 6.18 Å². The maximum Gasteiger partial charge on any atom is 0.417 e. The Kier molecular flexibility index (Phi) is 5.44. The first-order valence-electron chi connectivity index (χ1n) is 7.08. The molecule has 0 N–H and O–H groups in total. The van der Waals surface area contributed by atoms with E-state index < -0.39 is 31.7 Å². The molecule has 1 heterocycles. The van der Waals surface area contributed by atoms with Crippen LogP contribution in [0.4, 0.5) is 13.2 Å². The predicted molar refractivity (Wildman–Crippen MR) is 81.9 cm³/mol. The summed E-state index contributed by atoms with van der Waals surface area (Å²) in [5.41, 5.74) is -1.18. The Morgan fingerprint density at radius 2 is 1.83 bits per heavy atom. The van der Waals surface area contributed by atoms with Crippen LogP contribution in [0.1, 0.15) is 12.5 Å². The molecule has 0 aliphatic carbocycles. The number of piperazine rings is 1.